The monoisotopic (exact) mass is 237 g/mol. The van der Waals surface area contributed by atoms with Gasteiger partial charge in [-0.2, -0.15) is 5.48 Å². The molecule has 1 rings (SSSR count). The summed E-state index contributed by atoms with van der Waals surface area (Å²) in [6, 6.07) is 8.39. The third-order valence-corrected chi connectivity index (χ3v) is 2.17. The maximum absolute atomic E-state index is 11.5. The lowest BCUT2D eigenvalue weighted by atomic mass is 10.2. The van der Waals surface area contributed by atoms with Gasteiger partial charge in [-0.05, 0) is 18.6 Å². The van der Waals surface area contributed by atoms with E-state index in [4.69, 9.17) is 0 Å². The van der Waals surface area contributed by atoms with Gasteiger partial charge in [-0.15, -0.1) is 0 Å². The second-order valence-electron chi connectivity index (χ2n) is 3.54. The molecule has 0 unspecified atom stereocenters. The Bertz CT molecular complexity index is 377. The molecule has 92 valence electrons. The average molecular weight is 237 g/mol. The van der Waals surface area contributed by atoms with Crippen LogP contribution in [0.5, 0.6) is 0 Å². The van der Waals surface area contributed by atoms with Crippen LogP contribution in [0.4, 0.5) is 0 Å². The fourth-order valence-corrected chi connectivity index (χ4v) is 1.13. The van der Waals surface area contributed by atoms with E-state index in [0.717, 1.165) is 0 Å². The van der Waals surface area contributed by atoms with Crippen LogP contribution >= 0.6 is 0 Å². The van der Waals surface area contributed by atoms with Gasteiger partial charge in [0.1, 0.15) is 0 Å². The highest BCUT2D eigenvalue weighted by atomic mass is 16.7. The molecular weight excluding hydrogens is 222 g/mol. The number of aliphatic hydroxyl groups is 1. The minimum atomic E-state index is -0.740. The van der Waals surface area contributed by atoms with Crippen LogP contribution in [-0.2, 0) is 9.63 Å². The minimum absolute atomic E-state index is 0.133. The van der Waals surface area contributed by atoms with Gasteiger partial charge in [-0.1, -0.05) is 25.1 Å². The van der Waals surface area contributed by atoms with Gasteiger partial charge in [0.2, 0.25) is 0 Å². The zero-order chi connectivity index (χ0) is 12.7. The largest absolute Gasteiger partial charge is 0.393 e. The summed E-state index contributed by atoms with van der Waals surface area (Å²) in [5, 5.41) is 9.20. The predicted octanol–water partition coefficient (Wildman–Crippen LogP) is 1.04. The summed E-state index contributed by atoms with van der Waals surface area (Å²) < 4.78 is 0. The van der Waals surface area contributed by atoms with Crippen molar-refractivity contribution in [1.82, 2.24) is 5.48 Å². The molecule has 1 aromatic rings. The molecule has 0 aliphatic heterocycles. The highest BCUT2D eigenvalue weighted by Crippen LogP contribution is 2.00. The number of aliphatic hydroxyl groups excluding tert-OH is 1. The molecule has 17 heavy (non-hydrogen) atoms. The first kappa shape index (κ1) is 13.2. The van der Waals surface area contributed by atoms with Crippen molar-refractivity contribution in [2.75, 3.05) is 0 Å². The van der Waals surface area contributed by atoms with E-state index in [1.165, 1.54) is 0 Å². The minimum Gasteiger partial charge on any atom is -0.393 e. The zero-order valence-corrected chi connectivity index (χ0v) is 9.55. The lowest BCUT2D eigenvalue weighted by Gasteiger charge is -2.08. The standard InChI is InChI=1S/C12H15NO4/c1-2-10(14)8-11(15)17-13-12(16)9-6-4-3-5-7-9/h3-7,10,14H,2,8H2,1H3,(H,13,16)/t10-/m1/s1. The molecule has 0 saturated heterocycles. The molecule has 0 radical (unpaired) electrons. The van der Waals surface area contributed by atoms with Gasteiger partial charge in [-0.3, -0.25) is 4.79 Å². The van der Waals surface area contributed by atoms with Crippen molar-refractivity contribution >= 4 is 11.9 Å². The third-order valence-electron chi connectivity index (χ3n) is 2.17. The summed E-state index contributed by atoms with van der Waals surface area (Å²) in [5.74, 6) is -1.16. The fraction of sp³-hybridized carbons (Fsp3) is 0.333. The van der Waals surface area contributed by atoms with Gasteiger partial charge >= 0.3 is 5.97 Å². The van der Waals surface area contributed by atoms with E-state index in [0.29, 0.717) is 12.0 Å². The van der Waals surface area contributed by atoms with E-state index in [-0.39, 0.29) is 6.42 Å². The smallest absolute Gasteiger partial charge is 0.334 e. The number of benzene rings is 1. The molecule has 2 N–H and O–H groups in total. The van der Waals surface area contributed by atoms with E-state index < -0.39 is 18.0 Å². The molecule has 1 aromatic carbocycles. The molecule has 0 fully saturated rings. The molecule has 5 heteroatoms. The van der Waals surface area contributed by atoms with Gasteiger partial charge in [0.25, 0.3) is 5.91 Å². The predicted molar refractivity (Wildman–Crippen MR) is 60.9 cm³/mol. The highest BCUT2D eigenvalue weighted by molar-refractivity contribution is 5.94. The summed E-state index contributed by atoms with van der Waals surface area (Å²) in [4.78, 5) is 27.1. The Morgan fingerprint density at radius 2 is 2.00 bits per heavy atom. The molecule has 5 nitrogen and oxygen atoms in total. The molecule has 1 atom stereocenters. The summed E-state index contributed by atoms with van der Waals surface area (Å²) >= 11 is 0. The van der Waals surface area contributed by atoms with Crippen molar-refractivity contribution in [3.05, 3.63) is 35.9 Å². The van der Waals surface area contributed by atoms with Gasteiger partial charge in [0.05, 0.1) is 12.5 Å². The van der Waals surface area contributed by atoms with E-state index in [2.05, 4.69) is 4.84 Å². The zero-order valence-electron chi connectivity index (χ0n) is 9.55. The van der Waals surface area contributed by atoms with Crippen molar-refractivity contribution in [2.45, 2.75) is 25.9 Å². The fourth-order valence-electron chi connectivity index (χ4n) is 1.13. The summed E-state index contributed by atoms with van der Waals surface area (Å²) in [6.45, 7) is 1.75. The molecular formula is C12H15NO4. The second kappa shape index (κ2) is 6.65. The first-order chi connectivity index (χ1) is 8.13. The third kappa shape index (κ3) is 4.65. The summed E-state index contributed by atoms with van der Waals surface area (Å²) in [7, 11) is 0. The van der Waals surface area contributed by atoms with E-state index in [1.807, 2.05) is 5.48 Å². The van der Waals surface area contributed by atoms with E-state index >= 15 is 0 Å². The Morgan fingerprint density at radius 1 is 1.35 bits per heavy atom. The van der Waals surface area contributed by atoms with Crippen LogP contribution in [0.1, 0.15) is 30.1 Å². The number of amides is 1. The number of carbonyl (C=O) groups is 2. The second-order valence-corrected chi connectivity index (χ2v) is 3.54. The lowest BCUT2D eigenvalue weighted by molar-refractivity contribution is -0.151. The van der Waals surface area contributed by atoms with Crippen LogP contribution in [0.3, 0.4) is 0 Å². The number of nitrogens with one attached hydrogen (secondary N) is 1. The van der Waals surface area contributed by atoms with Crippen LogP contribution in [0.25, 0.3) is 0 Å². The van der Waals surface area contributed by atoms with Gasteiger partial charge in [0, 0.05) is 5.56 Å². The summed E-state index contributed by atoms with van der Waals surface area (Å²) in [6.07, 6.45) is -0.413. The van der Waals surface area contributed by atoms with Crippen molar-refractivity contribution in [3.8, 4) is 0 Å². The molecule has 1 amide bonds. The molecule has 0 heterocycles. The molecule has 0 aromatic heterocycles. The maximum Gasteiger partial charge on any atom is 0.334 e. The van der Waals surface area contributed by atoms with Crippen molar-refractivity contribution in [1.29, 1.82) is 0 Å². The number of hydrogen-bond donors (Lipinski definition) is 2. The number of hydrogen-bond acceptors (Lipinski definition) is 4. The molecule has 0 bridgehead atoms. The van der Waals surface area contributed by atoms with Crippen molar-refractivity contribution in [2.24, 2.45) is 0 Å². The van der Waals surface area contributed by atoms with Crippen LogP contribution in [-0.4, -0.2) is 23.1 Å². The quantitative estimate of drug-likeness (QED) is 0.767. The Morgan fingerprint density at radius 3 is 2.59 bits per heavy atom. The molecule has 0 aliphatic rings. The average Bonchev–Trinajstić information content (AvgIpc) is 2.36. The highest BCUT2D eigenvalue weighted by Gasteiger charge is 2.12. The van der Waals surface area contributed by atoms with Crippen LogP contribution in [0.15, 0.2) is 30.3 Å². The Labute approximate surface area is 99.4 Å². The van der Waals surface area contributed by atoms with E-state index in [1.54, 1.807) is 37.3 Å². The normalized spacial score (nSPS) is 11.6. The topological polar surface area (TPSA) is 75.6 Å². The van der Waals surface area contributed by atoms with E-state index in [9.17, 15) is 14.7 Å². The van der Waals surface area contributed by atoms with Crippen LogP contribution in [0.2, 0.25) is 0 Å². The Hall–Kier alpha value is -1.88. The first-order valence-electron chi connectivity index (χ1n) is 5.36. The van der Waals surface area contributed by atoms with Gasteiger partial charge < -0.3 is 9.94 Å². The number of carbonyl (C=O) groups excluding carboxylic acids is 2. The molecule has 0 aliphatic carbocycles. The lowest BCUT2D eigenvalue weighted by Crippen LogP contribution is -2.28. The van der Waals surface area contributed by atoms with Gasteiger partial charge in [0.15, 0.2) is 0 Å². The van der Waals surface area contributed by atoms with Crippen molar-refractivity contribution in [3.63, 3.8) is 0 Å². The summed E-state index contributed by atoms with van der Waals surface area (Å²) in [5.41, 5.74) is 2.43. The van der Waals surface area contributed by atoms with Crippen LogP contribution < -0.4 is 5.48 Å². The first-order valence-corrected chi connectivity index (χ1v) is 5.36. The molecule has 0 spiro atoms. The number of hydroxylamine groups is 1. The number of rotatable bonds is 4. The Kier molecular flexibility index (Phi) is 5.16. The van der Waals surface area contributed by atoms with Crippen molar-refractivity contribution < 1.29 is 19.5 Å². The van der Waals surface area contributed by atoms with Gasteiger partial charge in [-0.25, -0.2) is 4.79 Å². The van der Waals surface area contributed by atoms with Crippen LogP contribution in [0, 0.1) is 0 Å². The maximum atomic E-state index is 11.5. The SMILES string of the molecule is CC[C@@H](O)CC(=O)ONC(=O)c1ccccc1. The Balaban J connectivity index is 2.36. The molecule has 0 saturated carbocycles.